The molecule has 0 spiro atoms. The summed E-state index contributed by atoms with van der Waals surface area (Å²) in [5, 5.41) is 11.1. The molecule has 0 aliphatic rings. The molecule has 0 atom stereocenters. The average molecular weight is 320 g/mol. The van der Waals surface area contributed by atoms with E-state index in [1.165, 1.54) is 18.2 Å². The van der Waals surface area contributed by atoms with Gasteiger partial charge in [-0.15, -0.1) is 0 Å². The van der Waals surface area contributed by atoms with E-state index in [1.54, 1.807) is 0 Å². The lowest BCUT2D eigenvalue weighted by molar-refractivity contribution is 0.0867. The minimum Gasteiger partial charge on any atom is -0.394 e. The van der Waals surface area contributed by atoms with Gasteiger partial charge in [0, 0.05) is 17.6 Å². The Kier molecular flexibility index (Phi) is 6.85. The van der Waals surface area contributed by atoms with Gasteiger partial charge in [0.1, 0.15) is 5.82 Å². The third-order valence-corrected chi connectivity index (χ3v) is 2.85. The molecular weight excluding hydrogens is 305 g/mol. The largest absolute Gasteiger partial charge is 0.394 e. The van der Waals surface area contributed by atoms with Gasteiger partial charge in [0.05, 0.1) is 18.8 Å². The third kappa shape index (κ3) is 5.12. The number of nitrogens with one attached hydrogen (secondary N) is 1. The third-order valence-electron chi connectivity index (χ3n) is 2.16. The monoisotopic (exact) mass is 319 g/mol. The number of carbonyl (C=O) groups is 1. The second-order valence-electron chi connectivity index (χ2n) is 3.57. The summed E-state index contributed by atoms with van der Waals surface area (Å²) < 4.78 is 18.6. The molecule has 1 amide bonds. The summed E-state index contributed by atoms with van der Waals surface area (Å²) in [5.41, 5.74) is 0.270. The van der Waals surface area contributed by atoms with Crippen molar-refractivity contribution in [2.75, 3.05) is 26.4 Å². The van der Waals surface area contributed by atoms with Crippen molar-refractivity contribution in [3.63, 3.8) is 0 Å². The zero-order valence-corrected chi connectivity index (χ0v) is 11.4. The van der Waals surface area contributed by atoms with E-state index in [0.29, 0.717) is 30.7 Å². The Hall–Kier alpha value is -0.980. The molecule has 1 rings (SSSR count). The summed E-state index contributed by atoms with van der Waals surface area (Å²) in [7, 11) is 0. The molecule has 0 heterocycles. The fourth-order valence-corrected chi connectivity index (χ4v) is 1.74. The quantitative estimate of drug-likeness (QED) is 0.752. The van der Waals surface area contributed by atoms with Gasteiger partial charge in [-0.05, 0) is 40.5 Å². The zero-order chi connectivity index (χ0) is 13.4. The molecule has 0 bridgehead atoms. The maximum absolute atomic E-state index is 13.0. The summed E-state index contributed by atoms with van der Waals surface area (Å²) in [6.45, 7) is 1.18. The lowest BCUT2D eigenvalue weighted by Gasteiger charge is -2.07. The summed E-state index contributed by atoms with van der Waals surface area (Å²) >= 11 is 3.19. The fourth-order valence-electron chi connectivity index (χ4n) is 1.31. The highest BCUT2D eigenvalue weighted by Gasteiger charge is 2.10. The smallest absolute Gasteiger partial charge is 0.252 e. The van der Waals surface area contributed by atoms with Crippen molar-refractivity contribution in [3.05, 3.63) is 34.1 Å². The molecule has 0 aromatic heterocycles. The number of benzene rings is 1. The van der Waals surface area contributed by atoms with Gasteiger partial charge in [-0.3, -0.25) is 4.79 Å². The van der Waals surface area contributed by atoms with Gasteiger partial charge in [-0.25, -0.2) is 4.39 Å². The number of hydrogen-bond acceptors (Lipinski definition) is 3. The van der Waals surface area contributed by atoms with E-state index in [2.05, 4.69) is 21.2 Å². The van der Waals surface area contributed by atoms with Gasteiger partial charge >= 0.3 is 0 Å². The van der Waals surface area contributed by atoms with Crippen molar-refractivity contribution in [2.45, 2.75) is 6.42 Å². The Morgan fingerprint density at radius 2 is 2.22 bits per heavy atom. The molecule has 0 unspecified atom stereocenters. The molecule has 4 nitrogen and oxygen atoms in total. The number of amides is 1. The molecule has 1 aromatic carbocycles. The minimum atomic E-state index is -0.449. The molecule has 0 radical (unpaired) electrons. The summed E-state index contributed by atoms with van der Waals surface area (Å²) in [5.74, 6) is -0.779. The predicted octanol–water partition coefficient (Wildman–Crippen LogP) is 1.72. The molecular formula is C12H15BrFNO3. The highest BCUT2D eigenvalue weighted by molar-refractivity contribution is 9.10. The van der Waals surface area contributed by atoms with Gasteiger partial charge in [-0.2, -0.15) is 0 Å². The molecule has 6 heteroatoms. The summed E-state index contributed by atoms with van der Waals surface area (Å²) in [6, 6.07) is 3.96. The Morgan fingerprint density at radius 1 is 1.44 bits per heavy atom. The van der Waals surface area contributed by atoms with E-state index in [0.717, 1.165) is 0 Å². The highest BCUT2D eigenvalue weighted by Crippen LogP contribution is 2.17. The first-order chi connectivity index (χ1) is 8.65. The Morgan fingerprint density at radius 3 is 2.94 bits per heavy atom. The summed E-state index contributed by atoms with van der Waals surface area (Å²) in [4.78, 5) is 11.7. The zero-order valence-electron chi connectivity index (χ0n) is 9.79. The molecule has 0 aliphatic carbocycles. The highest BCUT2D eigenvalue weighted by atomic mass is 79.9. The molecule has 100 valence electrons. The van der Waals surface area contributed by atoms with Crippen molar-refractivity contribution in [1.29, 1.82) is 0 Å². The molecule has 2 N–H and O–H groups in total. The van der Waals surface area contributed by atoms with E-state index in [9.17, 15) is 9.18 Å². The van der Waals surface area contributed by atoms with E-state index >= 15 is 0 Å². The second kappa shape index (κ2) is 8.18. The van der Waals surface area contributed by atoms with Crippen LogP contribution >= 0.6 is 15.9 Å². The lowest BCUT2D eigenvalue weighted by Crippen LogP contribution is -2.25. The normalized spacial score (nSPS) is 10.4. The fraction of sp³-hybridized carbons (Fsp3) is 0.417. The van der Waals surface area contributed by atoms with E-state index in [1.807, 2.05) is 0 Å². The average Bonchev–Trinajstić information content (AvgIpc) is 2.36. The predicted molar refractivity (Wildman–Crippen MR) is 69.0 cm³/mol. The van der Waals surface area contributed by atoms with Crippen LogP contribution < -0.4 is 5.32 Å². The Bertz CT molecular complexity index is 401. The number of aliphatic hydroxyl groups excluding tert-OH is 1. The standard InChI is InChI=1S/C12H15BrFNO3/c13-11-3-2-9(14)8-10(11)12(17)15-4-1-6-18-7-5-16/h2-3,8,16H,1,4-7H2,(H,15,17). The van der Waals surface area contributed by atoms with E-state index < -0.39 is 5.82 Å². The topological polar surface area (TPSA) is 58.6 Å². The number of aliphatic hydroxyl groups is 1. The number of carbonyl (C=O) groups excluding carboxylic acids is 1. The van der Waals surface area contributed by atoms with Crippen LogP contribution in [0, 0.1) is 5.82 Å². The Labute approximate surface area is 113 Å². The van der Waals surface area contributed by atoms with Crippen LogP contribution in [-0.4, -0.2) is 37.4 Å². The molecule has 1 aromatic rings. The number of rotatable bonds is 7. The van der Waals surface area contributed by atoms with Crippen LogP contribution in [0.1, 0.15) is 16.8 Å². The Balaban J connectivity index is 2.34. The van der Waals surface area contributed by atoms with Crippen molar-refractivity contribution < 1.29 is 19.0 Å². The van der Waals surface area contributed by atoms with Crippen molar-refractivity contribution in [3.8, 4) is 0 Å². The van der Waals surface area contributed by atoms with Gasteiger partial charge in [-0.1, -0.05) is 0 Å². The van der Waals surface area contributed by atoms with Gasteiger partial charge in [0.25, 0.3) is 5.91 Å². The first kappa shape index (κ1) is 15.1. The number of hydrogen-bond donors (Lipinski definition) is 2. The van der Waals surface area contributed by atoms with Crippen LogP contribution in [-0.2, 0) is 4.74 Å². The first-order valence-corrected chi connectivity index (χ1v) is 6.36. The van der Waals surface area contributed by atoms with Crippen LogP contribution in [0.5, 0.6) is 0 Å². The molecule has 0 saturated carbocycles. The first-order valence-electron chi connectivity index (χ1n) is 5.57. The molecule has 18 heavy (non-hydrogen) atoms. The van der Waals surface area contributed by atoms with Gasteiger partial charge < -0.3 is 15.2 Å². The molecule has 0 saturated heterocycles. The molecule has 0 aliphatic heterocycles. The maximum Gasteiger partial charge on any atom is 0.252 e. The van der Waals surface area contributed by atoms with Crippen molar-refractivity contribution >= 4 is 21.8 Å². The van der Waals surface area contributed by atoms with E-state index in [-0.39, 0.29) is 18.1 Å². The van der Waals surface area contributed by atoms with Crippen molar-refractivity contribution in [1.82, 2.24) is 5.32 Å². The van der Waals surface area contributed by atoms with Crippen LogP contribution in [0.2, 0.25) is 0 Å². The second-order valence-corrected chi connectivity index (χ2v) is 4.42. The van der Waals surface area contributed by atoms with Gasteiger partial charge in [0.15, 0.2) is 0 Å². The van der Waals surface area contributed by atoms with Crippen LogP contribution in [0.25, 0.3) is 0 Å². The number of halogens is 2. The van der Waals surface area contributed by atoms with Gasteiger partial charge in [0.2, 0.25) is 0 Å². The lowest BCUT2D eigenvalue weighted by atomic mass is 10.2. The number of ether oxygens (including phenoxy) is 1. The molecule has 0 fully saturated rings. The maximum atomic E-state index is 13.0. The SMILES string of the molecule is O=C(NCCCOCCO)c1cc(F)ccc1Br. The van der Waals surface area contributed by atoms with Crippen molar-refractivity contribution in [2.24, 2.45) is 0 Å². The summed E-state index contributed by atoms with van der Waals surface area (Å²) in [6.07, 6.45) is 0.638. The van der Waals surface area contributed by atoms with Crippen LogP contribution in [0.3, 0.4) is 0 Å². The van der Waals surface area contributed by atoms with E-state index in [4.69, 9.17) is 9.84 Å². The van der Waals surface area contributed by atoms with Crippen LogP contribution in [0.4, 0.5) is 4.39 Å². The minimum absolute atomic E-state index is 0.0113. The van der Waals surface area contributed by atoms with Crippen LogP contribution in [0.15, 0.2) is 22.7 Å².